The van der Waals surface area contributed by atoms with Crippen LogP contribution in [-0.4, -0.2) is 29.5 Å². The van der Waals surface area contributed by atoms with Crippen molar-refractivity contribution in [3.63, 3.8) is 0 Å². The van der Waals surface area contributed by atoms with Gasteiger partial charge >= 0.3 is 12.4 Å². The van der Waals surface area contributed by atoms with E-state index in [1.54, 1.807) is 12.1 Å². The number of hydrogen-bond acceptors (Lipinski definition) is 3. The van der Waals surface area contributed by atoms with Crippen LogP contribution >= 0.6 is 0 Å². The molecular formula is C24H25F6N3. The van der Waals surface area contributed by atoms with Crippen molar-refractivity contribution in [3.05, 3.63) is 71.4 Å². The Morgan fingerprint density at radius 1 is 0.879 bits per heavy atom. The maximum Gasteiger partial charge on any atom is 0.416 e. The minimum atomic E-state index is -4.43. The van der Waals surface area contributed by atoms with Crippen molar-refractivity contribution in [3.8, 4) is 0 Å². The molecule has 1 N–H and O–H groups in total. The van der Waals surface area contributed by atoms with Gasteiger partial charge in [0.15, 0.2) is 0 Å². The zero-order valence-corrected chi connectivity index (χ0v) is 18.1. The summed E-state index contributed by atoms with van der Waals surface area (Å²) in [5, 5.41) is 3.84. The molecule has 0 unspecified atom stereocenters. The summed E-state index contributed by atoms with van der Waals surface area (Å²) < 4.78 is 77.7. The van der Waals surface area contributed by atoms with E-state index in [-0.39, 0.29) is 5.52 Å². The summed E-state index contributed by atoms with van der Waals surface area (Å²) >= 11 is 0. The number of nitrogens with zero attached hydrogens (tertiary/aromatic N) is 2. The first-order chi connectivity index (χ1) is 15.6. The zero-order valence-electron chi connectivity index (χ0n) is 18.1. The number of benzene rings is 2. The van der Waals surface area contributed by atoms with Crippen LogP contribution in [0.15, 0.2) is 54.7 Å². The quantitative estimate of drug-likeness (QED) is 0.271. The Morgan fingerprint density at radius 2 is 1.61 bits per heavy atom. The lowest BCUT2D eigenvalue weighted by Gasteiger charge is -2.22. The summed E-state index contributed by atoms with van der Waals surface area (Å²) in [6, 6.07) is 10.5. The van der Waals surface area contributed by atoms with Crippen molar-refractivity contribution in [1.29, 1.82) is 0 Å². The smallest absolute Gasteiger partial charge is 0.384 e. The van der Waals surface area contributed by atoms with E-state index < -0.39 is 23.5 Å². The molecule has 3 nitrogen and oxygen atoms in total. The molecule has 0 radical (unpaired) electrons. The highest BCUT2D eigenvalue weighted by Gasteiger charge is 2.31. The predicted molar refractivity (Wildman–Crippen MR) is 117 cm³/mol. The molecule has 1 aromatic heterocycles. The van der Waals surface area contributed by atoms with Crippen LogP contribution in [0, 0.1) is 0 Å². The molecule has 0 saturated heterocycles. The van der Waals surface area contributed by atoms with Crippen molar-refractivity contribution in [2.24, 2.45) is 0 Å². The number of fused-ring (bicyclic) bond motifs is 1. The van der Waals surface area contributed by atoms with Gasteiger partial charge < -0.3 is 5.32 Å². The van der Waals surface area contributed by atoms with Gasteiger partial charge in [0, 0.05) is 36.9 Å². The van der Waals surface area contributed by atoms with Gasteiger partial charge in [0.2, 0.25) is 0 Å². The van der Waals surface area contributed by atoms with E-state index in [0.717, 1.165) is 31.2 Å². The second-order valence-corrected chi connectivity index (χ2v) is 7.84. The molecule has 0 bridgehead atoms. The molecule has 3 rings (SSSR count). The number of rotatable bonds is 9. The fraction of sp³-hybridized carbons (Fsp3) is 0.375. The van der Waals surface area contributed by atoms with Crippen molar-refractivity contribution < 1.29 is 26.3 Å². The Kier molecular flexibility index (Phi) is 7.84. The first-order valence-electron chi connectivity index (χ1n) is 10.7. The topological polar surface area (TPSA) is 28.2 Å². The number of aromatic nitrogens is 1. The summed E-state index contributed by atoms with van der Waals surface area (Å²) in [5.74, 6) is 0. The van der Waals surface area contributed by atoms with Gasteiger partial charge in [-0.2, -0.15) is 26.3 Å². The fourth-order valence-electron chi connectivity index (χ4n) is 3.69. The minimum Gasteiger partial charge on any atom is -0.384 e. The molecule has 0 aliphatic heterocycles. The molecule has 0 fully saturated rings. The molecule has 33 heavy (non-hydrogen) atoms. The van der Waals surface area contributed by atoms with Crippen molar-refractivity contribution in [1.82, 2.24) is 9.88 Å². The summed E-state index contributed by atoms with van der Waals surface area (Å²) in [7, 11) is 0. The van der Waals surface area contributed by atoms with Crippen LogP contribution in [0.2, 0.25) is 0 Å². The molecule has 178 valence electrons. The third-order valence-electron chi connectivity index (χ3n) is 5.24. The molecule has 0 aliphatic rings. The van der Waals surface area contributed by atoms with E-state index in [1.165, 1.54) is 24.4 Å². The molecule has 3 aromatic rings. The lowest BCUT2D eigenvalue weighted by atomic mass is 10.1. The third kappa shape index (κ3) is 6.83. The van der Waals surface area contributed by atoms with Crippen LogP contribution < -0.4 is 5.32 Å². The second-order valence-electron chi connectivity index (χ2n) is 7.84. The summed E-state index contributed by atoms with van der Waals surface area (Å²) in [6.07, 6.45) is -5.76. The number of nitrogens with one attached hydrogen (secondary N) is 1. The normalized spacial score (nSPS) is 12.5. The third-order valence-corrected chi connectivity index (χ3v) is 5.24. The van der Waals surface area contributed by atoms with Gasteiger partial charge in [-0.15, -0.1) is 0 Å². The minimum absolute atomic E-state index is 0.256. The number of pyridine rings is 1. The molecule has 2 aromatic carbocycles. The van der Waals surface area contributed by atoms with Crippen molar-refractivity contribution in [2.75, 3.05) is 25.0 Å². The second kappa shape index (κ2) is 10.4. The van der Waals surface area contributed by atoms with E-state index in [2.05, 4.69) is 15.2 Å². The standard InChI is InChI=1S/C24H25F6N3/c1-2-12-33(16-17-5-3-6-18(14-17)23(25,26)27)13-4-10-31-21-9-11-32-22-15-19(24(28,29)30)7-8-20(21)22/h3,5-9,11,14-15H,2,4,10,12-13,16H2,1H3,(H,31,32). The maximum absolute atomic E-state index is 13.0. The Bertz CT molecular complexity index is 1060. The van der Waals surface area contributed by atoms with E-state index in [0.29, 0.717) is 42.7 Å². The van der Waals surface area contributed by atoms with E-state index >= 15 is 0 Å². The van der Waals surface area contributed by atoms with Crippen molar-refractivity contribution >= 4 is 16.6 Å². The van der Waals surface area contributed by atoms with Crippen LogP contribution in [0.5, 0.6) is 0 Å². The molecule has 0 saturated carbocycles. The molecule has 9 heteroatoms. The van der Waals surface area contributed by atoms with Crippen LogP contribution in [0.3, 0.4) is 0 Å². The molecule has 0 spiro atoms. The Labute approximate surface area is 188 Å². The summed E-state index contributed by atoms with van der Waals surface area (Å²) in [4.78, 5) is 6.13. The molecule has 0 atom stereocenters. The van der Waals surface area contributed by atoms with Crippen LogP contribution in [0.1, 0.15) is 36.5 Å². The summed E-state index contributed by atoms with van der Waals surface area (Å²) in [6.45, 7) is 4.39. The van der Waals surface area contributed by atoms with Crippen LogP contribution in [-0.2, 0) is 18.9 Å². The van der Waals surface area contributed by atoms with Gasteiger partial charge in [0.05, 0.1) is 16.6 Å². The Hall–Kier alpha value is -2.81. The van der Waals surface area contributed by atoms with E-state index in [4.69, 9.17) is 0 Å². The Morgan fingerprint density at radius 3 is 2.30 bits per heavy atom. The molecule has 1 heterocycles. The predicted octanol–water partition coefficient (Wildman–Crippen LogP) is 6.99. The van der Waals surface area contributed by atoms with E-state index in [1.807, 2.05) is 6.92 Å². The highest BCUT2D eigenvalue weighted by Crippen LogP contribution is 2.33. The zero-order chi connectivity index (χ0) is 24.1. The molecule has 0 amide bonds. The Balaban J connectivity index is 1.60. The first kappa shape index (κ1) is 24.8. The highest BCUT2D eigenvalue weighted by molar-refractivity contribution is 5.91. The lowest BCUT2D eigenvalue weighted by Crippen LogP contribution is -2.27. The SMILES string of the molecule is CCCN(CCCNc1ccnc2cc(C(F)(F)F)ccc12)Cc1cccc(C(F)(F)F)c1. The van der Waals surface area contributed by atoms with Crippen LogP contribution in [0.4, 0.5) is 32.0 Å². The van der Waals surface area contributed by atoms with Gasteiger partial charge in [-0.3, -0.25) is 9.88 Å². The van der Waals surface area contributed by atoms with Crippen LogP contribution in [0.25, 0.3) is 10.9 Å². The lowest BCUT2D eigenvalue weighted by molar-refractivity contribution is -0.138. The van der Waals surface area contributed by atoms with Crippen molar-refractivity contribution in [2.45, 2.75) is 38.7 Å². The van der Waals surface area contributed by atoms with E-state index in [9.17, 15) is 26.3 Å². The van der Waals surface area contributed by atoms with Gasteiger partial charge in [0.25, 0.3) is 0 Å². The average molecular weight is 469 g/mol. The number of halogens is 6. The number of alkyl halides is 6. The van der Waals surface area contributed by atoms with Gasteiger partial charge in [-0.25, -0.2) is 0 Å². The number of hydrogen-bond donors (Lipinski definition) is 1. The number of anilines is 1. The fourth-order valence-corrected chi connectivity index (χ4v) is 3.69. The first-order valence-corrected chi connectivity index (χ1v) is 10.7. The monoisotopic (exact) mass is 469 g/mol. The molecule has 0 aliphatic carbocycles. The van der Waals surface area contributed by atoms with Gasteiger partial charge in [-0.1, -0.05) is 31.2 Å². The summed E-state index contributed by atoms with van der Waals surface area (Å²) in [5.41, 5.74) is 0.147. The maximum atomic E-state index is 13.0. The largest absolute Gasteiger partial charge is 0.416 e. The molecular weight excluding hydrogens is 444 g/mol. The average Bonchev–Trinajstić information content (AvgIpc) is 2.75. The van der Waals surface area contributed by atoms with Gasteiger partial charge in [0.1, 0.15) is 0 Å². The van der Waals surface area contributed by atoms with Gasteiger partial charge in [-0.05, 0) is 49.2 Å². The highest BCUT2D eigenvalue weighted by atomic mass is 19.4.